The smallest absolute Gasteiger partial charge is 0.126 e. The molecular weight excluding hydrogens is 298 g/mol. The molecule has 17 heavy (non-hydrogen) atoms. The predicted octanol–water partition coefficient (Wildman–Crippen LogP) is 3.28. The van der Waals surface area contributed by atoms with Crippen molar-refractivity contribution in [3.8, 4) is 0 Å². The highest BCUT2D eigenvalue weighted by atomic mass is 79.9. The molecule has 0 bridgehead atoms. The van der Waals surface area contributed by atoms with Crippen molar-refractivity contribution in [3.05, 3.63) is 50.4 Å². The van der Waals surface area contributed by atoms with Crippen molar-refractivity contribution in [2.24, 2.45) is 0 Å². The van der Waals surface area contributed by atoms with Crippen molar-refractivity contribution in [2.75, 3.05) is 0 Å². The second kappa shape index (κ2) is 4.19. The first-order valence-electron chi connectivity index (χ1n) is 5.58. The van der Waals surface area contributed by atoms with Crippen LogP contribution in [0.2, 0.25) is 0 Å². The van der Waals surface area contributed by atoms with Gasteiger partial charge in [0, 0.05) is 11.8 Å². The van der Waals surface area contributed by atoms with Crippen molar-refractivity contribution >= 4 is 27.3 Å². The lowest BCUT2D eigenvalue weighted by Gasteiger charge is -2.31. The lowest BCUT2D eigenvalue weighted by molar-refractivity contribution is 0.0219. The lowest BCUT2D eigenvalue weighted by Crippen LogP contribution is -2.32. The van der Waals surface area contributed by atoms with Gasteiger partial charge in [0.1, 0.15) is 15.2 Å². The summed E-state index contributed by atoms with van der Waals surface area (Å²) >= 11 is 4.86. The summed E-state index contributed by atoms with van der Waals surface area (Å²) in [4.78, 5) is 4.36. The molecule has 3 rings (SSSR count). The fourth-order valence-electron chi connectivity index (χ4n) is 2.37. The molecule has 1 aromatic heterocycles. The van der Waals surface area contributed by atoms with E-state index in [-0.39, 0.29) is 0 Å². The number of fused-ring (bicyclic) bond motifs is 1. The van der Waals surface area contributed by atoms with Gasteiger partial charge in [-0.25, -0.2) is 4.98 Å². The molecule has 0 aliphatic heterocycles. The summed E-state index contributed by atoms with van der Waals surface area (Å²) in [7, 11) is 0. The number of hydrogen-bond acceptors (Lipinski definition) is 3. The summed E-state index contributed by atoms with van der Waals surface area (Å²) in [5, 5.41) is 13.5. The average molecular weight is 310 g/mol. The zero-order valence-electron chi connectivity index (χ0n) is 9.19. The van der Waals surface area contributed by atoms with Crippen LogP contribution in [0, 0.1) is 0 Å². The highest BCUT2D eigenvalue weighted by molar-refractivity contribution is 9.10. The number of thiazole rings is 1. The van der Waals surface area contributed by atoms with E-state index in [9.17, 15) is 5.11 Å². The minimum Gasteiger partial charge on any atom is -0.382 e. The zero-order valence-corrected chi connectivity index (χ0v) is 11.6. The Bertz CT molecular complexity index is 554. The molecule has 0 amide bonds. The Kier molecular flexibility index (Phi) is 2.81. The van der Waals surface area contributed by atoms with Gasteiger partial charge in [0.2, 0.25) is 0 Å². The molecule has 0 spiro atoms. The zero-order chi connectivity index (χ0) is 11.9. The molecule has 1 heterocycles. The molecule has 88 valence electrons. The Morgan fingerprint density at radius 1 is 1.29 bits per heavy atom. The van der Waals surface area contributed by atoms with Crippen LogP contribution >= 0.6 is 27.3 Å². The lowest BCUT2D eigenvalue weighted by atomic mass is 9.81. The molecule has 0 fully saturated rings. The Morgan fingerprint density at radius 3 is 2.76 bits per heavy atom. The van der Waals surface area contributed by atoms with Crippen molar-refractivity contribution in [1.82, 2.24) is 4.98 Å². The van der Waals surface area contributed by atoms with Crippen molar-refractivity contribution in [1.29, 1.82) is 0 Å². The number of hydrogen-bond donors (Lipinski definition) is 1. The topological polar surface area (TPSA) is 33.1 Å². The molecule has 1 aliphatic carbocycles. The van der Waals surface area contributed by atoms with Gasteiger partial charge in [0.05, 0.1) is 0 Å². The number of nitrogens with zero attached hydrogens (tertiary/aromatic N) is 1. The number of aliphatic hydroxyl groups is 1. The molecule has 1 N–H and O–H groups in total. The van der Waals surface area contributed by atoms with Crippen LogP contribution in [0.15, 0.2) is 34.2 Å². The summed E-state index contributed by atoms with van der Waals surface area (Å²) in [6, 6.07) is 8.33. The van der Waals surface area contributed by atoms with E-state index in [2.05, 4.69) is 39.1 Å². The average Bonchev–Trinajstić information content (AvgIpc) is 2.76. The Labute approximate surface area is 112 Å². The van der Waals surface area contributed by atoms with E-state index in [0.717, 1.165) is 22.5 Å². The Balaban J connectivity index is 1.97. The van der Waals surface area contributed by atoms with Crippen LogP contribution in [-0.4, -0.2) is 10.1 Å². The van der Waals surface area contributed by atoms with Crippen LogP contribution in [0.25, 0.3) is 0 Å². The first-order chi connectivity index (χ1) is 8.17. The number of aromatic nitrogens is 1. The van der Waals surface area contributed by atoms with Gasteiger partial charge in [0.15, 0.2) is 0 Å². The van der Waals surface area contributed by atoms with Gasteiger partial charge in [-0.2, -0.15) is 0 Å². The normalized spacial score (nSPS) is 23.4. The minimum absolute atomic E-state index is 0.670. The SMILES string of the molecule is OC1(c2nc(Br)cs2)CCc2ccccc2C1. The molecule has 0 radical (unpaired) electrons. The van der Waals surface area contributed by atoms with Crippen LogP contribution in [0.3, 0.4) is 0 Å². The molecular formula is C13H12BrNOS. The largest absolute Gasteiger partial charge is 0.382 e. The maximum atomic E-state index is 10.7. The molecule has 1 aliphatic rings. The van der Waals surface area contributed by atoms with E-state index < -0.39 is 5.60 Å². The first-order valence-corrected chi connectivity index (χ1v) is 7.25. The number of rotatable bonds is 1. The summed E-state index contributed by atoms with van der Waals surface area (Å²) < 4.78 is 0.810. The maximum Gasteiger partial charge on any atom is 0.126 e. The fourth-order valence-corrected chi connectivity index (χ4v) is 3.75. The second-order valence-corrected chi connectivity index (χ2v) is 6.12. The number of benzene rings is 1. The Morgan fingerprint density at radius 2 is 2.06 bits per heavy atom. The van der Waals surface area contributed by atoms with E-state index in [4.69, 9.17) is 0 Å². The molecule has 1 atom stereocenters. The third kappa shape index (κ3) is 2.05. The monoisotopic (exact) mass is 309 g/mol. The highest BCUT2D eigenvalue weighted by Gasteiger charge is 2.36. The third-order valence-corrected chi connectivity index (χ3v) is 5.03. The van der Waals surface area contributed by atoms with Crippen LogP contribution < -0.4 is 0 Å². The van der Waals surface area contributed by atoms with Crippen molar-refractivity contribution in [2.45, 2.75) is 24.9 Å². The van der Waals surface area contributed by atoms with Crippen LogP contribution in [-0.2, 0) is 18.4 Å². The predicted molar refractivity (Wildman–Crippen MR) is 72.2 cm³/mol. The summed E-state index contributed by atoms with van der Waals surface area (Å²) in [6.07, 6.45) is 2.34. The summed E-state index contributed by atoms with van der Waals surface area (Å²) in [5.41, 5.74) is 1.81. The number of aryl methyl sites for hydroxylation is 1. The minimum atomic E-state index is -0.787. The van der Waals surface area contributed by atoms with E-state index in [0.29, 0.717) is 6.42 Å². The molecule has 2 nitrogen and oxygen atoms in total. The van der Waals surface area contributed by atoms with Crippen LogP contribution in [0.5, 0.6) is 0 Å². The van der Waals surface area contributed by atoms with Gasteiger partial charge >= 0.3 is 0 Å². The molecule has 1 unspecified atom stereocenters. The van der Waals surface area contributed by atoms with Gasteiger partial charge in [-0.1, -0.05) is 24.3 Å². The molecule has 4 heteroatoms. The second-order valence-electron chi connectivity index (χ2n) is 4.45. The standard InChI is InChI=1S/C13H12BrNOS/c14-11-8-17-12(15-11)13(16)6-5-9-3-1-2-4-10(9)7-13/h1-4,8,16H,5-7H2. The van der Waals surface area contributed by atoms with Gasteiger partial charge in [-0.15, -0.1) is 11.3 Å². The van der Waals surface area contributed by atoms with E-state index in [1.54, 1.807) is 0 Å². The molecule has 0 saturated heterocycles. The molecule has 1 aromatic carbocycles. The van der Waals surface area contributed by atoms with Crippen molar-refractivity contribution < 1.29 is 5.11 Å². The number of halogens is 1. The summed E-state index contributed by atoms with van der Waals surface area (Å²) in [5.74, 6) is 0. The maximum absolute atomic E-state index is 10.7. The van der Waals surface area contributed by atoms with Gasteiger partial charge in [-0.3, -0.25) is 0 Å². The molecule has 2 aromatic rings. The van der Waals surface area contributed by atoms with E-state index in [1.807, 2.05) is 11.4 Å². The van der Waals surface area contributed by atoms with E-state index in [1.165, 1.54) is 22.5 Å². The fraction of sp³-hybridized carbons (Fsp3) is 0.308. The molecule has 0 saturated carbocycles. The third-order valence-electron chi connectivity index (χ3n) is 3.28. The van der Waals surface area contributed by atoms with Gasteiger partial charge < -0.3 is 5.11 Å². The first kappa shape index (κ1) is 11.4. The van der Waals surface area contributed by atoms with Crippen molar-refractivity contribution in [3.63, 3.8) is 0 Å². The van der Waals surface area contributed by atoms with E-state index >= 15 is 0 Å². The van der Waals surface area contributed by atoms with Gasteiger partial charge in [0.25, 0.3) is 0 Å². The quantitative estimate of drug-likeness (QED) is 0.877. The van der Waals surface area contributed by atoms with Crippen LogP contribution in [0.4, 0.5) is 0 Å². The Hall–Kier alpha value is -0.710. The summed E-state index contributed by atoms with van der Waals surface area (Å²) in [6.45, 7) is 0. The highest BCUT2D eigenvalue weighted by Crippen LogP contribution is 2.38. The van der Waals surface area contributed by atoms with Crippen LogP contribution in [0.1, 0.15) is 22.6 Å². The van der Waals surface area contributed by atoms with Gasteiger partial charge in [-0.05, 0) is 39.9 Å².